The number of para-hydroxylation sites is 6. The Bertz CT molecular complexity index is 6420. The van der Waals surface area contributed by atoms with Gasteiger partial charge in [-0.15, -0.1) is 0 Å². The summed E-state index contributed by atoms with van der Waals surface area (Å²) in [6.45, 7) is -0.379. The van der Waals surface area contributed by atoms with E-state index in [9.17, 15) is 0 Å². The number of hydrogen-bond acceptors (Lipinski definition) is 6. The second-order valence-corrected chi connectivity index (χ2v) is 33.5. The van der Waals surface area contributed by atoms with Crippen molar-refractivity contribution in [2.24, 2.45) is 0 Å². The molecule has 7 heterocycles. The zero-order valence-electron chi connectivity index (χ0n) is 54.3. The Morgan fingerprint density at radius 3 is 1.16 bits per heavy atom. The molecule has 470 valence electrons. The fourth-order valence-corrected chi connectivity index (χ4v) is 24.1. The first-order valence-electron chi connectivity index (χ1n) is 34.4. The van der Waals surface area contributed by atoms with Crippen LogP contribution < -0.4 is 62.0 Å². The molecule has 3 aromatic heterocycles. The van der Waals surface area contributed by atoms with Crippen LogP contribution in [0.25, 0.3) is 57.9 Å². The minimum absolute atomic E-state index is 0.107. The molecule has 15 aromatic carbocycles. The Morgan fingerprint density at radius 1 is 0.228 bits per heavy atom. The second-order valence-electron chi connectivity index (χ2n) is 26.7. The van der Waals surface area contributed by atoms with E-state index < -0.39 is 0 Å². The fourth-order valence-electron chi connectivity index (χ4n) is 17.0. The van der Waals surface area contributed by atoms with Crippen LogP contribution in [0.2, 0.25) is 0 Å². The van der Waals surface area contributed by atoms with Crippen molar-refractivity contribution in [3.8, 4) is 11.5 Å². The van der Waals surface area contributed by atoms with E-state index in [1.807, 2.05) is 0 Å². The van der Waals surface area contributed by atoms with Crippen LogP contribution in [0.3, 0.4) is 0 Å². The molecule has 18 aromatic rings. The number of hydrogen-bond donors (Lipinski definition) is 0. The van der Waals surface area contributed by atoms with Gasteiger partial charge >= 0.3 is 607 Å². The quantitative estimate of drug-likeness (QED) is 0.134. The van der Waals surface area contributed by atoms with Crippen molar-refractivity contribution in [1.29, 1.82) is 0 Å². The maximum absolute atomic E-state index is 8.01. The van der Waals surface area contributed by atoms with E-state index >= 15 is 0 Å². The number of anilines is 15. The van der Waals surface area contributed by atoms with Gasteiger partial charge in [0.05, 0.1) is 0 Å². The van der Waals surface area contributed by atoms with Gasteiger partial charge < -0.3 is 0 Å². The molecule has 0 spiro atoms. The van der Waals surface area contributed by atoms with Crippen molar-refractivity contribution in [1.82, 2.24) is 0 Å². The normalized spacial score (nSPS) is 13.1. The van der Waals surface area contributed by atoms with E-state index in [0.29, 0.717) is 0 Å². The molecule has 22 rings (SSSR count). The van der Waals surface area contributed by atoms with Gasteiger partial charge in [-0.25, -0.2) is 0 Å². The van der Waals surface area contributed by atoms with E-state index in [-0.39, 0.29) is 56.9 Å². The number of ether oxygens (including phenoxy) is 1. The van der Waals surface area contributed by atoms with Crippen molar-refractivity contribution < 1.29 is 4.74 Å². The Labute approximate surface area is 602 Å². The number of nitrogens with zero attached hydrogens (tertiary/aromatic N) is 5. The monoisotopic (exact) mass is 1480 g/mol. The summed E-state index contributed by atoms with van der Waals surface area (Å²) in [5.74, 6) is 1.70. The fraction of sp³-hybridized carbons (Fsp3) is 0. The molecule has 0 unspecified atom stereocenters. The molecular formula is C90H55B2N5OSe3. The molecule has 0 N–H and O–H groups in total. The summed E-state index contributed by atoms with van der Waals surface area (Å²) in [6, 6.07) is 126. The molecule has 11 heteroatoms. The van der Waals surface area contributed by atoms with Gasteiger partial charge in [0, 0.05) is 0 Å². The topological polar surface area (TPSA) is 25.4 Å². The van der Waals surface area contributed by atoms with Gasteiger partial charge in [-0.05, 0) is 0 Å². The zero-order chi connectivity index (χ0) is 66.0. The third-order valence-electron chi connectivity index (χ3n) is 21.2. The molecule has 6 nitrogen and oxygen atoms in total. The Kier molecular flexibility index (Phi) is 12.9. The first-order valence-corrected chi connectivity index (χ1v) is 39.6. The van der Waals surface area contributed by atoms with Gasteiger partial charge in [0.25, 0.3) is 0 Å². The van der Waals surface area contributed by atoms with Crippen LogP contribution in [-0.2, 0) is 0 Å². The standard InChI is InChI=1S/C90H55B2N5OSe3/c1-5-23-56(24-6-1)93(57-25-7-2-8-26-57)63-47-78-89-79(48-63)97(62-43-46-70-67-33-15-22-40-85(67)101-88(70)53-62)77-55-81-74(54-73(77)91(89)71-34-16-18-36-75(71)95(78)59-29-11-4-12-30-59)92-72-35-17-19-37-76(72)96(61-42-45-69-66-32-14-21-39-84(66)100-87(69)52-61)80-49-64(50-82(98-81)90(80)92)94(58-27-9-3-10-28-58)60-41-44-68-65-31-13-20-38-83(65)99-86(68)51-60/h1-55H. The average molecular weight is 1480 g/mol. The molecule has 0 aliphatic carbocycles. The van der Waals surface area contributed by atoms with Crippen molar-refractivity contribution in [3.05, 3.63) is 334 Å². The molecule has 0 saturated carbocycles. The molecule has 0 saturated heterocycles. The first-order chi connectivity index (χ1) is 50.1. The summed E-state index contributed by atoms with van der Waals surface area (Å²) in [6.07, 6.45) is 0. The summed E-state index contributed by atoms with van der Waals surface area (Å²) in [5, 5.41) is 8.03. The predicted molar refractivity (Wildman–Crippen MR) is 432 cm³/mol. The van der Waals surface area contributed by atoms with Crippen LogP contribution >= 0.6 is 0 Å². The molecule has 4 aliphatic rings. The van der Waals surface area contributed by atoms with E-state index in [1.165, 1.54) is 79.7 Å². The van der Waals surface area contributed by atoms with E-state index in [1.54, 1.807) is 0 Å². The van der Waals surface area contributed by atoms with Gasteiger partial charge in [0.2, 0.25) is 0 Å². The van der Waals surface area contributed by atoms with Crippen LogP contribution in [-0.4, -0.2) is 56.9 Å². The van der Waals surface area contributed by atoms with Crippen LogP contribution in [0.4, 0.5) is 85.3 Å². The van der Waals surface area contributed by atoms with Crippen LogP contribution in [0.1, 0.15) is 0 Å². The predicted octanol–water partition coefficient (Wildman–Crippen LogP) is 19.2. The summed E-state index contributed by atoms with van der Waals surface area (Å²) >= 11 is 0.420. The molecule has 0 atom stereocenters. The van der Waals surface area contributed by atoms with Crippen molar-refractivity contribution in [3.63, 3.8) is 0 Å². The second kappa shape index (κ2) is 22.7. The third-order valence-corrected chi connectivity index (χ3v) is 28.3. The van der Waals surface area contributed by atoms with Gasteiger partial charge in [-0.2, -0.15) is 0 Å². The maximum atomic E-state index is 8.01. The minimum atomic E-state index is -0.201. The van der Waals surface area contributed by atoms with Gasteiger partial charge in [-0.3, -0.25) is 0 Å². The average Bonchev–Trinajstić information content (AvgIpc) is 1.18. The SMILES string of the molecule is c1ccc(N(c2ccccc2)c2cc3c4c(c2)N(c2ccc5c(c2)[se]c2ccccc25)c2cc5c(cc2B4c2ccccc2N3c2ccccc2)B2c3ccccc3N(c3ccc4c(c3)[se]c3ccccc34)c3cc(N(c4ccccc4)c4ccc6c(c4)[se]c4ccccc46)cc(c32)O5)cc1. The molecule has 0 bridgehead atoms. The summed E-state index contributed by atoms with van der Waals surface area (Å²) < 4.78 is 16.5. The zero-order valence-corrected chi connectivity index (χ0v) is 59.4. The van der Waals surface area contributed by atoms with Crippen LogP contribution in [0.15, 0.2) is 334 Å². The Balaban J connectivity index is 0.822. The Morgan fingerprint density at radius 2 is 0.624 bits per heavy atom. The summed E-state index contributed by atoms with van der Waals surface area (Å²) in [5.41, 5.74) is 23.9. The number of benzene rings is 15. The molecule has 0 fully saturated rings. The van der Waals surface area contributed by atoms with E-state index in [2.05, 4.69) is 358 Å². The molecule has 101 heavy (non-hydrogen) atoms. The van der Waals surface area contributed by atoms with Crippen LogP contribution in [0, 0.1) is 0 Å². The van der Waals surface area contributed by atoms with Crippen molar-refractivity contribution >= 4 is 233 Å². The van der Waals surface area contributed by atoms with Gasteiger partial charge in [-0.1, -0.05) is 0 Å². The number of rotatable bonds is 9. The molecule has 4 aliphatic heterocycles. The van der Waals surface area contributed by atoms with E-state index in [4.69, 9.17) is 4.74 Å². The molecular weight excluding hydrogens is 1430 g/mol. The van der Waals surface area contributed by atoms with Crippen molar-refractivity contribution in [2.75, 3.05) is 24.5 Å². The van der Waals surface area contributed by atoms with Gasteiger partial charge in [0.1, 0.15) is 0 Å². The Hall–Kier alpha value is -11.2. The van der Waals surface area contributed by atoms with E-state index in [0.717, 1.165) is 108 Å². The number of fused-ring (bicyclic) bond motifs is 17. The summed E-state index contributed by atoms with van der Waals surface area (Å²) in [7, 11) is 0. The van der Waals surface area contributed by atoms with Crippen LogP contribution in [0.5, 0.6) is 11.5 Å². The third kappa shape index (κ3) is 8.86. The molecule has 0 amide bonds. The summed E-state index contributed by atoms with van der Waals surface area (Å²) in [4.78, 5) is 12.6. The molecule has 0 radical (unpaired) electrons. The first kappa shape index (κ1) is 57.7. The van der Waals surface area contributed by atoms with Crippen molar-refractivity contribution in [2.45, 2.75) is 0 Å². The van der Waals surface area contributed by atoms with Gasteiger partial charge in [0.15, 0.2) is 0 Å².